The Morgan fingerprint density at radius 3 is 2.79 bits per heavy atom. The summed E-state index contributed by atoms with van der Waals surface area (Å²) in [5.74, 6) is -0.698. The maximum absolute atomic E-state index is 12.8. The van der Waals surface area contributed by atoms with Crippen LogP contribution in [-0.4, -0.2) is 27.7 Å². The molecular weight excluding hydrogens is 379 g/mol. The molecule has 0 spiro atoms. The van der Waals surface area contributed by atoms with Crippen LogP contribution in [0.2, 0.25) is 0 Å². The predicted octanol–water partition coefficient (Wildman–Crippen LogP) is 3.91. The van der Waals surface area contributed by atoms with Crippen LogP contribution in [0, 0.1) is 0 Å². The molecule has 0 bridgehead atoms. The topological polar surface area (TPSA) is 87.3 Å². The second-order valence-electron chi connectivity index (χ2n) is 5.46. The van der Waals surface area contributed by atoms with E-state index in [1.807, 2.05) is 0 Å². The number of carbonyl (C=O) groups excluding carboxylic acids is 1. The van der Waals surface area contributed by atoms with Crippen molar-refractivity contribution >= 4 is 5.97 Å². The van der Waals surface area contributed by atoms with Crippen molar-refractivity contribution < 1.29 is 32.0 Å². The van der Waals surface area contributed by atoms with Crippen molar-refractivity contribution in [3.05, 3.63) is 59.6 Å². The van der Waals surface area contributed by atoms with Crippen LogP contribution in [0.1, 0.15) is 28.7 Å². The quantitative estimate of drug-likeness (QED) is 0.587. The molecule has 0 radical (unpaired) electrons. The van der Waals surface area contributed by atoms with Gasteiger partial charge >= 0.3 is 12.1 Å². The summed E-state index contributed by atoms with van der Waals surface area (Å²) in [4.78, 5) is 20.1. The van der Waals surface area contributed by atoms with Crippen LogP contribution in [0.4, 0.5) is 13.2 Å². The van der Waals surface area contributed by atoms with Crippen molar-refractivity contribution in [2.24, 2.45) is 0 Å². The summed E-state index contributed by atoms with van der Waals surface area (Å²) in [6, 6.07) is 7.55. The third-order valence-electron chi connectivity index (χ3n) is 3.52. The Morgan fingerprint density at radius 2 is 2.04 bits per heavy atom. The molecule has 0 saturated carbocycles. The van der Waals surface area contributed by atoms with E-state index >= 15 is 0 Å². The number of benzene rings is 1. The Hall–Kier alpha value is -3.43. The molecule has 0 atom stereocenters. The molecule has 7 nitrogen and oxygen atoms in total. The predicted molar refractivity (Wildman–Crippen MR) is 89.3 cm³/mol. The van der Waals surface area contributed by atoms with Gasteiger partial charge in [-0.1, -0.05) is 17.3 Å². The fourth-order valence-corrected chi connectivity index (χ4v) is 2.27. The molecule has 1 aromatic carbocycles. The molecule has 0 aliphatic carbocycles. The SMILES string of the molecule is CCOc1ncccc1C(=O)OCc1nc(-c2cccc(C(F)(F)F)c2)no1. The number of rotatable bonds is 6. The van der Waals surface area contributed by atoms with E-state index in [1.54, 1.807) is 13.0 Å². The second kappa shape index (κ2) is 8.07. The van der Waals surface area contributed by atoms with Gasteiger partial charge in [-0.05, 0) is 31.2 Å². The van der Waals surface area contributed by atoms with E-state index in [0.29, 0.717) is 6.61 Å². The summed E-state index contributed by atoms with van der Waals surface area (Å²) in [6.45, 7) is 1.71. The number of ether oxygens (including phenoxy) is 2. The molecular formula is C18H14F3N3O4. The van der Waals surface area contributed by atoms with Gasteiger partial charge in [-0.2, -0.15) is 18.2 Å². The Labute approximate surface area is 157 Å². The first-order chi connectivity index (χ1) is 13.4. The van der Waals surface area contributed by atoms with Gasteiger partial charge in [0, 0.05) is 11.8 Å². The number of esters is 1. The Kier molecular flexibility index (Phi) is 5.57. The highest BCUT2D eigenvalue weighted by Crippen LogP contribution is 2.31. The molecule has 2 heterocycles. The second-order valence-corrected chi connectivity index (χ2v) is 5.46. The molecule has 10 heteroatoms. The fourth-order valence-electron chi connectivity index (χ4n) is 2.27. The van der Waals surface area contributed by atoms with Gasteiger partial charge in [0.05, 0.1) is 12.2 Å². The summed E-state index contributed by atoms with van der Waals surface area (Å²) in [5.41, 5.74) is -0.577. The number of aromatic nitrogens is 3. The van der Waals surface area contributed by atoms with Gasteiger partial charge in [-0.25, -0.2) is 9.78 Å². The van der Waals surface area contributed by atoms with Gasteiger partial charge in [0.25, 0.3) is 5.89 Å². The summed E-state index contributed by atoms with van der Waals surface area (Å²) in [6.07, 6.45) is -3.01. The number of hydrogen-bond acceptors (Lipinski definition) is 7. The minimum atomic E-state index is -4.49. The molecule has 2 aromatic heterocycles. The molecule has 28 heavy (non-hydrogen) atoms. The molecule has 0 aliphatic heterocycles. The maximum Gasteiger partial charge on any atom is 0.416 e. The van der Waals surface area contributed by atoms with Gasteiger partial charge in [-0.15, -0.1) is 0 Å². The lowest BCUT2D eigenvalue weighted by atomic mass is 10.1. The van der Waals surface area contributed by atoms with Crippen LogP contribution in [0.15, 0.2) is 47.1 Å². The van der Waals surface area contributed by atoms with E-state index < -0.39 is 17.7 Å². The minimum absolute atomic E-state index is 0.0477. The Bertz CT molecular complexity index is 972. The van der Waals surface area contributed by atoms with Crippen molar-refractivity contribution in [1.82, 2.24) is 15.1 Å². The van der Waals surface area contributed by atoms with Crippen LogP contribution in [0.25, 0.3) is 11.4 Å². The Balaban J connectivity index is 1.70. The van der Waals surface area contributed by atoms with E-state index in [4.69, 9.17) is 14.0 Å². The van der Waals surface area contributed by atoms with E-state index in [2.05, 4.69) is 15.1 Å². The first-order valence-corrected chi connectivity index (χ1v) is 8.13. The van der Waals surface area contributed by atoms with Gasteiger partial charge in [0.15, 0.2) is 6.61 Å². The Morgan fingerprint density at radius 1 is 1.21 bits per heavy atom. The lowest BCUT2D eigenvalue weighted by molar-refractivity contribution is -0.137. The standard InChI is InChI=1S/C18H14F3N3O4/c1-2-26-16-13(7-4-8-22-16)17(25)27-10-14-23-15(24-28-14)11-5-3-6-12(9-11)18(19,20)21/h3-9H,2,10H2,1H3. The monoisotopic (exact) mass is 393 g/mol. The molecule has 146 valence electrons. The fraction of sp³-hybridized carbons (Fsp3) is 0.222. The van der Waals surface area contributed by atoms with Crippen molar-refractivity contribution in [3.8, 4) is 17.3 Å². The van der Waals surface area contributed by atoms with Crippen LogP contribution < -0.4 is 4.74 Å². The average Bonchev–Trinajstić information content (AvgIpc) is 3.15. The van der Waals surface area contributed by atoms with E-state index in [0.717, 1.165) is 12.1 Å². The molecule has 0 fully saturated rings. The molecule has 3 aromatic rings. The van der Waals surface area contributed by atoms with E-state index in [9.17, 15) is 18.0 Å². The molecule has 0 N–H and O–H groups in total. The van der Waals surface area contributed by atoms with Crippen LogP contribution in [-0.2, 0) is 17.5 Å². The minimum Gasteiger partial charge on any atom is -0.477 e. The smallest absolute Gasteiger partial charge is 0.416 e. The van der Waals surface area contributed by atoms with E-state index in [1.165, 1.54) is 24.4 Å². The largest absolute Gasteiger partial charge is 0.477 e. The lowest BCUT2D eigenvalue weighted by Gasteiger charge is -2.07. The first-order valence-electron chi connectivity index (χ1n) is 8.13. The summed E-state index contributed by atoms with van der Waals surface area (Å²) in [5, 5.41) is 3.63. The zero-order chi connectivity index (χ0) is 20.1. The van der Waals surface area contributed by atoms with Gasteiger partial charge in [0.2, 0.25) is 11.7 Å². The molecule has 0 saturated heterocycles. The average molecular weight is 393 g/mol. The molecule has 0 aliphatic rings. The third-order valence-corrected chi connectivity index (χ3v) is 3.52. The van der Waals surface area contributed by atoms with Crippen molar-refractivity contribution in [2.45, 2.75) is 19.7 Å². The highest BCUT2D eigenvalue weighted by atomic mass is 19.4. The van der Waals surface area contributed by atoms with Gasteiger partial charge < -0.3 is 14.0 Å². The number of pyridine rings is 1. The number of alkyl halides is 3. The maximum atomic E-state index is 12.8. The summed E-state index contributed by atoms with van der Waals surface area (Å²) < 4.78 is 53.7. The van der Waals surface area contributed by atoms with Crippen LogP contribution in [0.5, 0.6) is 5.88 Å². The molecule has 3 rings (SSSR count). The highest BCUT2D eigenvalue weighted by molar-refractivity contribution is 5.91. The molecule has 0 unspecified atom stereocenters. The highest BCUT2D eigenvalue weighted by Gasteiger charge is 2.30. The van der Waals surface area contributed by atoms with E-state index in [-0.39, 0.29) is 35.3 Å². The van der Waals surface area contributed by atoms with Crippen molar-refractivity contribution in [2.75, 3.05) is 6.61 Å². The van der Waals surface area contributed by atoms with Crippen LogP contribution in [0.3, 0.4) is 0 Å². The van der Waals surface area contributed by atoms with Crippen LogP contribution >= 0.6 is 0 Å². The van der Waals surface area contributed by atoms with Gasteiger partial charge in [-0.3, -0.25) is 0 Å². The third kappa shape index (κ3) is 4.45. The first kappa shape index (κ1) is 19.3. The number of halogens is 3. The zero-order valence-electron chi connectivity index (χ0n) is 14.6. The molecule has 0 amide bonds. The van der Waals surface area contributed by atoms with Crippen molar-refractivity contribution in [3.63, 3.8) is 0 Å². The van der Waals surface area contributed by atoms with Gasteiger partial charge in [0.1, 0.15) is 5.56 Å². The zero-order valence-corrected chi connectivity index (χ0v) is 14.6. The van der Waals surface area contributed by atoms with Crippen molar-refractivity contribution in [1.29, 1.82) is 0 Å². The summed E-state index contributed by atoms with van der Waals surface area (Å²) >= 11 is 0. The number of carbonyl (C=O) groups is 1. The lowest BCUT2D eigenvalue weighted by Crippen LogP contribution is -2.09. The number of nitrogens with zero attached hydrogens (tertiary/aromatic N) is 3. The normalized spacial score (nSPS) is 11.3. The number of hydrogen-bond donors (Lipinski definition) is 0. The summed E-state index contributed by atoms with van der Waals surface area (Å²) in [7, 11) is 0.